The quantitative estimate of drug-likeness (QED) is 0.559. The fraction of sp³-hybridized carbons (Fsp3) is 0.250. The van der Waals surface area contributed by atoms with Gasteiger partial charge in [-0.25, -0.2) is 5.43 Å². The summed E-state index contributed by atoms with van der Waals surface area (Å²) < 4.78 is 10.5. The number of nitrogens with one attached hydrogen (secondary N) is 1. The van der Waals surface area contributed by atoms with Crippen molar-refractivity contribution in [2.45, 2.75) is 20.8 Å². The summed E-state index contributed by atoms with van der Waals surface area (Å²) >= 11 is 0. The monoisotopic (exact) mass is 369 g/mol. The van der Waals surface area contributed by atoms with Crippen LogP contribution in [0.2, 0.25) is 0 Å². The number of ether oxygens (including phenoxy) is 2. The molecular weight excluding hydrogens is 348 g/mol. The van der Waals surface area contributed by atoms with Gasteiger partial charge in [-0.05, 0) is 67.8 Å². The third-order valence-electron chi connectivity index (χ3n) is 3.68. The minimum absolute atomic E-state index is 0.142. The van der Waals surface area contributed by atoms with Crippen molar-refractivity contribution in [2.75, 3.05) is 13.2 Å². The van der Waals surface area contributed by atoms with Crippen LogP contribution in [0.1, 0.15) is 23.6 Å². The number of rotatable bonds is 8. The number of carboxylic acids is 1. The first-order valence-corrected chi connectivity index (χ1v) is 8.31. The molecule has 142 valence electrons. The highest BCUT2D eigenvalue weighted by molar-refractivity contribution is 5.99. The average Bonchev–Trinajstić information content (AvgIpc) is 2.65. The third-order valence-corrected chi connectivity index (χ3v) is 3.68. The molecule has 0 aliphatic carbocycles. The Morgan fingerprint density at radius 1 is 1.04 bits per heavy atom. The molecule has 0 unspecified atom stereocenters. The minimum atomic E-state index is -1.29. The molecule has 0 aromatic heterocycles. The number of aryl methyl sites for hydroxylation is 2. The van der Waals surface area contributed by atoms with Crippen LogP contribution in [-0.2, 0) is 9.59 Å². The number of hydrogen-bond acceptors (Lipinski definition) is 6. The molecule has 0 heterocycles. The molecule has 0 aliphatic heterocycles. The predicted octanol–water partition coefficient (Wildman–Crippen LogP) is 1.35. The first kappa shape index (κ1) is 20.0. The van der Waals surface area contributed by atoms with Crippen LogP contribution in [0, 0.1) is 13.8 Å². The summed E-state index contributed by atoms with van der Waals surface area (Å²) in [6.07, 6.45) is 0. The van der Waals surface area contributed by atoms with Gasteiger partial charge in [0.1, 0.15) is 18.1 Å². The molecule has 1 amide bonds. The second-order valence-corrected chi connectivity index (χ2v) is 5.97. The number of carboxylic acid groups (broad SMARTS) is 1. The third kappa shape index (κ3) is 6.47. The molecule has 2 rings (SSSR count). The van der Waals surface area contributed by atoms with Crippen LogP contribution in [0.4, 0.5) is 0 Å². The van der Waals surface area contributed by atoms with Gasteiger partial charge in [0.25, 0.3) is 5.91 Å². The summed E-state index contributed by atoms with van der Waals surface area (Å²) in [6, 6.07) is 12.4. The summed E-state index contributed by atoms with van der Waals surface area (Å²) in [6.45, 7) is 4.95. The molecule has 0 aliphatic rings. The lowest BCUT2D eigenvalue weighted by Gasteiger charge is -2.09. The van der Waals surface area contributed by atoms with Gasteiger partial charge in [0.2, 0.25) is 0 Å². The van der Waals surface area contributed by atoms with Crippen LogP contribution >= 0.6 is 0 Å². The zero-order valence-electron chi connectivity index (χ0n) is 15.4. The smallest absolute Gasteiger partial charge is 0.277 e. The first-order chi connectivity index (χ1) is 12.8. The summed E-state index contributed by atoms with van der Waals surface area (Å²) in [5.41, 5.74) is 5.79. The average molecular weight is 369 g/mol. The van der Waals surface area contributed by atoms with E-state index in [1.54, 1.807) is 31.2 Å². The van der Waals surface area contributed by atoms with Gasteiger partial charge in [0, 0.05) is 0 Å². The molecule has 7 heteroatoms. The molecule has 27 heavy (non-hydrogen) atoms. The maximum absolute atomic E-state index is 11.9. The van der Waals surface area contributed by atoms with Gasteiger partial charge >= 0.3 is 0 Å². The molecule has 0 fully saturated rings. The Hall–Kier alpha value is -3.35. The summed E-state index contributed by atoms with van der Waals surface area (Å²) in [4.78, 5) is 22.3. The second kappa shape index (κ2) is 9.38. The largest absolute Gasteiger partial charge is 0.546 e. The number of carbonyl (C=O) groups is 2. The van der Waals surface area contributed by atoms with Gasteiger partial charge < -0.3 is 19.4 Å². The van der Waals surface area contributed by atoms with Crippen molar-refractivity contribution >= 4 is 17.6 Å². The highest BCUT2D eigenvalue weighted by Gasteiger charge is 2.05. The highest BCUT2D eigenvalue weighted by atomic mass is 16.5. The van der Waals surface area contributed by atoms with Crippen molar-refractivity contribution in [3.63, 3.8) is 0 Å². The molecular formula is C20H21N2O5-. The van der Waals surface area contributed by atoms with Gasteiger partial charge in [-0.15, -0.1) is 0 Å². The van der Waals surface area contributed by atoms with E-state index in [2.05, 4.69) is 10.5 Å². The number of hydrazone groups is 1. The Balaban J connectivity index is 1.87. The van der Waals surface area contributed by atoms with Crippen LogP contribution in [0.3, 0.4) is 0 Å². The van der Waals surface area contributed by atoms with Crippen molar-refractivity contribution < 1.29 is 24.2 Å². The number of amides is 1. The maximum Gasteiger partial charge on any atom is 0.277 e. The molecule has 2 aromatic rings. The minimum Gasteiger partial charge on any atom is -0.546 e. The Morgan fingerprint density at radius 3 is 2.41 bits per heavy atom. The Bertz CT molecular complexity index is 844. The van der Waals surface area contributed by atoms with Crippen molar-refractivity contribution in [2.24, 2.45) is 5.10 Å². The molecule has 7 nitrogen and oxygen atoms in total. The van der Waals surface area contributed by atoms with Crippen LogP contribution in [0.15, 0.2) is 47.6 Å². The van der Waals surface area contributed by atoms with E-state index in [1.165, 1.54) is 0 Å². The van der Waals surface area contributed by atoms with Gasteiger partial charge in [0.15, 0.2) is 6.61 Å². The molecule has 0 spiro atoms. The maximum atomic E-state index is 11.9. The standard InChI is InChI=1S/C20H22N2O5/c1-13-4-5-14(2)18(10-13)27-11-19(23)22-21-15(3)16-6-8-17(9-7-16)26-12-20(24)25/h4-10H,11-12H2,1-3H3,(H,22,23)(H,24,25)/p-1/b21-15-. The van der Waals surface area contributed by atoms with Crippen LogP contribution < -0.4 is 20.0 Å². The molecule has 1 N–H and O–H groups in total. The Kier molecular flexibility index (Phi) is 6.93. The van der Waals surface area contributed by atoms with Gasteiger partial charge in [0.05, 0.1) is 11.7 Å². The van der Waals surface area contributed by atoms with Crippen molar-refractivity contribution in [1.82, 2.24) is 5.43 Å². The number of nitrogens with zero attached hydrogens (tertiary/aromatic N) is 1. The van der Waals surface area contributed by atoms with Crippen LogP contribution in [0.25, 0.3) is 0 Å². The number of aliphatic carboxylic acids is 1. The predicted molar refractivity (Wildman–Crippen MR) is 98.7 cm³/mol. The van der Waals surface area contributed by atoms with Crippen molar-refractivity contribution in [1.29, 1.82) is 0 Å². The first-order valence-electron chi connectivity index (χ1n) is 8.31. The lowest BCUT2D eigenvalue weighted by atomic mass is 10.1. The lowest BCUT2D eigenvalue weighted by molar-refractivity contribution is -0.307. The van der Waals surface area contributed by atoms with E-state index < -0.39 is 12.6 Å². The molecule has 2 aromatic carbocycles. The van der Waals surface area contributed by atoms with E-state index in [0.29, 0.717) is 17.2 Å². The number of hydrogen-bond donors (Lipinski definition) is 1. The van der Waals surface area contributed by atoms with Crippen LogP contribution in [0.5, 0.6) is 11.5 Å². The normalized spacial score (nSPS) is 11.0. The second-order valence-electron chi connectivity index (χ2n) is 5.97. The number of carbonyl (C=O) groups excluding carboxylic acids is 2. The summed E-state index contributed by atoms with van der Waals surface area (Å²) in [5, 5.41) is 14.4. The Labute approximate surface area is 157 Å². The summed E-state index contributed by atoms with van der Waals surface area (Å²) in [7, 11) is 0. The molecule has 0 bridgehead atoms. The fourth-order valence-corrected chi connectivity index (χ4v) is 2.18. The highest BCUT2D eigenvalue weighted by Crippen LogP contribution is 2.18. The van der Waals surface area contributed by atoms with Crippen LogP contribution in [-0.4, -0.2) is 30.8 Å². The van der Waals surface area contributed by atoms with E-state index in [1.807, 2.05) is 32.0 Å². The van der Waals surface area contributed by atoms with E-state index in [-0.39, 0.29) is 12.5 Å². The zero-order chi connectivity index (χ0) is 19.8. The number of benzene rings is 2. The lowest BCUT2D eigenvalue weighted by Crippen LogP contribution is -2.28. The van der Waals surface area contributed by atoms with Crippen molar-refractivity contribution in [3.8, 4) is 11.5 Å². The van der Waals surface area contributed by atoms with Gasteiger partial charge in [-0.3, -0.25) is 4.79 Å². The van der Waals surface area contributed by atoms with E-state index in [0.717, 1.165) is 16.7 Å². The van der Waals surface area contributed by atoms with E-state index in [9.17, 15) is 14.7 Å². The van der Waals surface area contributed by atoms with Gasteiger partial charge in [-0.2, -0.15) is 5.10 Å². The van der Waals surface area contributed by atoms with Gasteiger partial charge in [-0.1, -0.05) is 12.1 Å². The molecule has 0 saturated carbocycles. The zero-order valence-corrected chi connectivity index (χ0v) is 15.4. The fourth-order valence-electron chi connectivity index (χ4n) is 2.18. The Morgan fingerprint density at radius 2 is 1.74 bits per heavy atom. The van der Waals surface area contributed by atoms with Crippen molar-refractivity contribution in [3.05, 3.63) is 59.2 Å². The topological polar surface area (TPSA) is 100 Å². The molecule has 0 atom stereocenters. The van der Waals surface area contributed by atoms with E-state index in [4.69, 9.17) is 9.47 Å². The SMILES string of the molecule is C/C(=N/NC(=O)COc1cc(C)ccc1C)c1ccc(OCC(=O)[O-])cc1. The van der Waals surface area contributed by atoms with E-state index >= 15 is 0 Å². The summed E-state index contributed by atoms with van der Waals surface area (Å²) in [5.74, 6) is -0.591. The molecule has 0 saturated heterocycles. The molecule has 0 radical (unpaired) electrons.